The van der Waals surface area contributed by atoms with Gasteiger partial charge < -0.3 is 14.2 Å². The Morgan fingerprint density at radius 1 is 1.33 bits per heavy atom. The summed E-state index contributed by atoms with van der Waals surface area (Å²) < 4.78 is 16.3. The Labute approximate surface area is 88.9 Å². The average molecular weight is 212 g/mol. The molecule has 3 aliphatic rings. The van der Waals surface area contributed by atoms with Crippen LogP contribution in [0, 0.1) is 17.8 Å². The summed E-state index contributed by atoms with van der Waals surface area (Å²) in [6, 6.07) is 0. The van der Waals surface area contributed by atoms with Crippen molar-refractivity contribution in [3.63, 3.8) is 0 Å². The van der Waals surface area contributed by atoms with E-state index in [1.165, 1.54) is 7.11 Å². The maximum atomic E-state index is 11.6. The minimum atomic E-state index is -0.443. The molecule has 1 heterocycles. The first-order chi connectivity index (χ1) is 7.25. The zero-order valence-corrected chi connectivity index (χ0v) is 8.90. The zero-order valence-electron chi connectivity index (χ0n) is 8.90. The summed E-state index contributed by atoms with van der Waals surface area (Å²) in [6.07, 6.45) is 2.97. The highest BCUT2D eigenvalue weighted by atomic mass is 16.7. The van der Waals surface area contributed by atoms with E-state index in [0.717, 1.165) is 19.3 Å². The summed E-state index contributed by atoms with van der Waals surface area (Å²) in [5.41, 5.74) is 0. The predicted molar refractivity (Wildman–Crippen MR) is 51.0 cm³/mol. The van der Waals surface area contributed by atoms with Crippen molar-refractivity contribution in [1.82, 2.24) is 0 Å². The second kappa shape index (κ2) is 3.19. The molecule has 2 aliphatic carbocycles. The Balaban J connectivity index is 1.83. The normalized spacial score (nSPS) is 41.3. The minimum absolute atomic E-state index is 0.00755. The fraction of sp³-hybridized carbons (Fsp3) is 0.909. The van der Waals surface area contributed by atoms with Crippen molar-refractivity contribution in [3.05, 3.63) is 0 Å². The van der Waals surface area contributed by atoms with Gasteiger partial charge in [-0.1, -0.05) is 0 Å². The lowest BCUT2D eigenvalue weighted by atomic mass is 9.84. The van der Waals surface area contributed by atoms with E-state index in [9.17, 15) is 4.79 Å². The fourth-order valence-electron chi connectivity index (χ4n) is 3.56. The molecule has 3 atom stereocenters. The Bertz CT molecular complexity index is 282. The average Bonchev–Trinajstić information content (AvgIpc) is 2.92. The Kier molecular flexibility index (Phi) is 2.04. The topological polar surface area (TPSA) is 44.8 Å². The predicted octanol–water partition coefficient (Wildman–Crippen LogP) is 0.949. The van der Waals surface area contributed by atoms with Crippen LogP contribution in [0.15, 0.2) is 0 Å². The van der Waals surface area contributed by atoms with Crippen LogP contribution < -0.4 is 0 Å². The zero-order chi connectivity index (χ0) is 10.5. The van der Waals surface area contributed by atoms with Crippen LogP contribution in [-0.2, 0) is 19.0 Å². The third-order valence-corrected chi connectivity index (χ3v) is 4.08. The summed E-state index contributed by atoms with van der Waals surface area (Å²) in [7, 11) is 1.46. The molecular formula is C11H16O4. The summed E-state index contributed by atoms with van der Waals surface area (Å²) in [4.78, 5) is 11.6. The maximum absolute atomic E-state index is 11.6. The molecule has 84 valence electrons. The van der Waals surface area contributed by atoms with E-state index in [4.69, 9.17) is 14.2 Å². The highest BCUT2D eigenvalue weighted by Crippen LogP contribution is 2.57. The van der Waals surface area contributed by atoms with Crippen LogP contribution in [0.1, 0.15) is 19.3 Å². The van der Waals surface area contributed by atoms with Gasteiger partial charge in [-0.15, -0.1) is 0 Å². The van der Waals surface area contributed by atoms with Gasteiger partial charge in [-0.25, -0.2) is 0 Å². The van der Waals surface area contributed by atoms with Gasteiger partial charge in [0.15, 0.2) is 5.79 Å². The number of carbonyl (C=O) groups excluding carboxylic acids is 1. The number of hydrogen-bond acceptors (Lipinski definition) is 4. The number of methoxy groups -OCH3 is 1. The highest BCUT2D eigenvalue weighted by Gasteiger charge is 2.61. The molecular weight excluding hydrogens is 196 g/mol. The van der Waals surface area contributed by atoms with Gasteiger partial charge in [-0.3, -0.25) is 4.79 Å². The molecule has 0 amide bonds. The molecule has 2 saturated carbocycles. The lowest BCUT2D eigenvalue weighted by Crippen LogP contribution is -2.43. The van der Waals surface area contributed by atoms with Gasteiger partial charge in [0.05, 0.1) is 26.2 Å². The van der Waals surface area contributed by atoms with Crippen molar-refractivity contribution in [2.24, 2.45) is 17.8 Å². The van der Waals surface area contributed by atoms with Crippen molar-refractivity contribution >= 4 is 5.97 Å². The molecule has 3 fully saturated rings. The Morgan fingerprint density at radius 2 is 2.07 bits per heavy atom. The number of fused-ring (bicyclic) bond motifs is 3. The van der Waals surface area contributed by atoms with Crippen LogP contribution in [0.4, 0.5) is 0 Å². The Morgan fingerprint density at radius 3 is 2.67 bits per heavy atom. The smallest absolute Gasteiger partial charge is 0.309 e. The molecule has 3 rings (SSSR count). The number of hydrogen-bond donors (Lipinski definition) is 0. The quantitative estimate of drug-likeness (QED) is 0.607. The van der Waals surface area contributed by atoms with Crippen molar-refractivity contribution in [3.8, 4) is 0 Å². The van der Waals surface area contributed by atoms with E-state index in [0.29, 0.717) is 19.1 Å². The summed E-state index contributed by atoms with van der Waals surface area (Å²) in [5.74, 6) is 0.254. The third kappa shape index (κ3) is 1.24. The van der Waals surface area contributed by atoms with Crippen LogP contribution in [0.25, 0.3) is 0 Å². The van der Waals surface area contributed by atoms with Gasteiger partial charge in [0.1, 0.15) is 0 Å². The van der Waals surface area contributed by atoms with Gasteiger partial charge in [-0.05, 0) is 18.8 Å². The van der Waals surface area contributed by atoms with Crippen molar-refractivity contribution in [2.45, 2.75) is 25.0 Å². The van der Waals surface area contributed by atoms with Gasteiger partial charge in [0, 0.05) is 12.3 Å². The van der Waals surface area contributed by atoms with Gasteiger partial charge in [0.25, 0.3) is 0 Å². The van der Waals surface area contributed by atoms with E-state index < -0.39 is 5.79 Å². The minimum Gasteiger partial charge on any atom is -0.469 e. The van der Waals surface area contributed by atoms with Gasteiger partial charge in [-0.2, -0.15) is 0 Å². The lowest BCUT2D eigenvalue weighted by molar-refractivity contribution is -0.207. The van der Waals surface area contributed by atoms with E-state index >= 15 is 0 Å². The molecule has 0 aromatic carbocycles. The van der Waals surface area contributed by atoms with Crippen molar-refractivity contribution < 1.29 is 19.0 Å². The molecule has 0 aromatic rings. The van der Waals surface area contributed by atoms with E-state index in [2.05, 4.69) is 0 Å². The fourth-order valence-corrected chi connectivity index (χ4v) is 3.56. The molecule has 2 bridgehead atoms. The first-order valence-corrected chi connectivity index (χ1v) is 5.61. The second-order valence-corrected chi connectivity index (χ2v) is 4.79. The largest absolute Gasteiger partial charge is 0.469 e. The number of carbonyl (C=O) groups is 1. The van der Waals surface area contributed by atoms with Crippen molar-refractivity contribution in [1.29, 1.82) is 0 Å². The molecule has 4 nitrogen and oxygen atoms in total. The van der Waals surface area contributed by atoms with Crippen LogP contribution in [-0.4, -0.2) is 32.1 Å². The number of ether oxygens (including phenoxy) is 3. The Hall–Kier alpha value is -0.610. The van der Waals surface area contributed by atoms with Crippen molar-refractivity contribution in [2.75, 3.05) is 20.3 Å². The van der Waals surface area contributed by atoms with E-state index in [1.807, 2.05) is 0 Å². The summed E-state index contributed by atoms with van der Waals surface area (Å²) in [6.45, 7) is 1.33. The molecule has 0 aromatic heterocycles. The molecule has 1 spiro atoms. The highest BCUT2D eigenvalue weighted by molar-refractivity contribution is 5.73. The SMILES string of the molecule is COC(=O)[C@H]1C[C@@H]2C[C@H]1C1(C2)OCCO1. The molecule has 0 N–H and O–H groups in total. The molecule has 1 aliphatic heterocycles. The lowest BCUT2D eigenvalue weighted by Gasteiger charge is -2.35. The molecule has 0 unspecified atom stereocenters. The second-order valence-electron chi connectivity index (χ2n) is 4.79. The molecule has 4 heteroatoms. The number of rotatable bonds is 1. The summed E-state index contributed by atoms with van der Waals surface area (Å²) in [5, 5.41) is 0. The third-order valence-electron chi connectivity index (χ3n) is 4.08. The molecule has 15 heavy (non-hydrogen) atoms. The first-order valence-electron chi connectivity index (χ1n) is 5.61. The van der Waals surface area contributed by atoms with Crippen LogP contribution in [0.3, 0.4) is 0 Å². The summed E-state index contributed by atoms with van der Waals surface area (Å²) >= 11 is 0. The van der Waals surface area contributed by atoms with Crippen LogP contribution in [0.5, 0.6) is 0 Å². The first kappa shape index (κ1) is 9.60. The van der Waals surface area contributed by atoms with E-state index in [-0.39, 0.29) is 17.8 Å². The monoisotopic (exact) mass is 212 g/mol. The molecule has 1 saturated heterocycles. The maximum Gasteiger partial charge on any atom is 0.309 e. The van der Waals surface area contributed by atoms with E-state index in [1.54, 1.807) is 0 Å². The van der Waals surface area contributed by atoms with Gasteiger partial charge in [0.2, 0.25) is 0 Å². The van der Waals surface area contributed by atoms with Crippen LogP contribution in [0.2, 0.25) is 0 Å². The number of esters is 1. The van der Waals surface area contributed by atoms with Crippen LogP contribution >= 0.6 is 0 Å². The molecule has 0 radical (unpaired) electrons. The van der Waals surface area contributed by atoms with Gasteiger partial charge >= 0.3 is 5.97 Å². The standard InChI is InChI=1S/C11H16O4/c1-13-10(12)8-4-7-5-9(8)11(6-7)14-2-3-15-11/h7-9H,2-6H2,1H3/t7-,8+,9-/m1/s1.